The quantitative estimate of drug-likeness (QED) is 0.164. The zero-order valence-electron chi connectivity index (χ0n) is 31.0. The lowest BCUT2D eigenvalue weighted by Gasteiger charge is -2.43. The van der Waals surface area contributed by atoms with Crippen LogP contribution >= 0.6 is 11.3 Å². The highest BCUT2D eigenvalue weighted by atomic mass is 32.1. The van der Waals surface area contributed by atoms with Crippen molar-refractivity contribution in [1.82, 2.24) is 0 Å². The first-order valence-corrected chi connectivity index (χ1v) is 20.2. The molecule has 2 aliphatic carbocycles. The van der Waals surface area contributed by atoms with Crippen LogP contribution in [-0.4, -0.2) is 6.71 Å². The zero-order valence-corrected chi connectivity index (χ0v) is 31.9. The number of hydrogen-bond acceptors (Lipinski definition) is 3. The summed E-state index contributed by atoms with van der Waals surface area (Å²) in [6.45, 7) is 7.04. The van der Waals surface area contributed by atoms with Gasteiger partial charge in [-0.05, 0) is 97.7 Å². The molecule has 0 unspecified atom stereocenters. The maximum Gasteiger partial charge on any atom is 0.264 e. The summed E-state index contributed by atoms with van der Waals surface area (Å²) in [6.07, 6.45) is 0. The van der Waals surface area contributed by atoms with Crippen LogP contribution in [0.1, 0.15) is 47.9 Å². The minimum absolute atomic E-state index is 0.00476. The third-order valence-electron chi connectivity index (χ3n) is 12.6. The van der Waals surface area contributed by atoms with Gasteiger partial charge in [-0.15, -0.1) is 11.3 Å². The monoisotopic (exact) mass is 720 g/mol. The van der Waals surface area contributed by atoms with E-state index in [-0.39, 0.29) is 12.1 Å². The summed E-state index contributed by atoms with van der Waals surface area (Å²) in [5, 5.41) is 0. The Bertz CT molecular complexity index is 2840. The summed E-state index contributed by atoms with van der Waals surface area (Å²) in [7, 11) is 0. The minimum atomic E-state index is -0.401. The van der Waals surface area contributed by atoms with Crippen molar-refractivity contribution in [2.45, 2.75) is 31.6 Å². The molecule has 1 aromatic heterocycles. The van der Waals surface area contributed by atoms with E-state index in [0.29, 0.717) is 0 Å². The molecule has 0 saturated carbocycles. The molecule has 1 spiro atoms. The summed E-state index contributed by atoms with van der Waals surface area (Å²) in [4.78, 5) is 6.56. The van der Waals surface area contributed by atoms with Crippen molar-refractivity contribution in [3.05, 3.63) is 197 Å². The molecule has 12 rings (SSSR count). The van der Waals surface area contributed by atoms with Crippen LogP contribution in [0, 0.1) is 0 Å². The average molecular weight is 721 g/mol. The van der Waals surface area contributed by atoms with Gasteiger partial charge in [0.25, 0.3) is 6.71 Å². The maximum atomic E-state index is 2.60. The summed E-state index contributed by atoms with van der Waals surface area (Å²) >= 11 is 2.05. The van der Waals surface area contributed by atoms with Crippen LogP contribution in [-0.2, 0) is 10.8 Å². The highest BCUT2D eigenvalue weighted by molar-refractivity contribution is 7.30. The van der Waals surface area contributed by atoms with Crippen LogP contribution in [0.15, 0.2) is 170 Å². The minimum Gasteiger partial charge on any atom is -0.311 e. The van der Waals surface area contributed by atoms with Gasteiger partial charge in [-0.2, -0.15) is 0 Å². The van der Waals surface area contributed by atoms with Gasteiger partial charge in [0.15, 0.2) is 0 Å². The molecular formula is C51H37BN2S. The Hall–Kier alpha value is -6.10. The Morgan fingerprint density at radius 3 is 1.65 bits per heavy atom. The second-order valence-electron chi connectivity index (χ2n) is 16.4. The lowest BCUT2D eigenvalue weighted by Crippen LogP contribution is -2.60. The molecule has 0 amide bonds. The molecule has 3 heterocycles. The zero-order chi connectivity index (χ0) is 36.6. The number of hydrogen-bond donors (Lipinski definition) is 0. The molecule has 0 fully saturated rings. The van der Waals surface area contributed by atoms with Gasteiger partial charge in [0.2, 0.25) is 0 Å². The van der Waals surface area contributed by atoms with Gasteiger partial charge in [0.05, 0.1) is 11.1 Å². The first-order valence-electron chi connectivity index (χ1n) is 19.4. The van der Waals surface area contributed by atoms with E-state index in [4.69, 9.17) is 0 Å². The fourth-order valence-electron chi connectivity index (χ4n) is 10.3. The van der Waals surface area contributed by atoms with Crippen LogP contribution in [0.5, 0.6) is 0 Å². The van der Waals surface area contributed by atoms with Crippen LogP contribution in [0.3, 0.4) is 0 Å². The number of para-hydroxylation sites is 2. The second kappa shape index (κ2) is 11.0. The van der Waals surface area contributed by atoms with E-state index in [2.05, 4.69) is 212 Å². The Balaban J connectivity index is 1.23. The number of rotatable bonds is 2. The van der Waals surface area contributed by atoms with Crippen molar-refractivity contribution < 1.29 is 0 Å². The van der Waals surface area contributed by atoms with Gasteiger partial charge < -0.3 is 9.80 Å². The largest absolute Gasteiger partial charge is 0.311 e. The molecule has 2 aliphatic heterocycles. The molecule has 2 nitrogen and oxygen atoms in total. The fourth-order valence-corrected chi connectivity index (χ4v) is 12.0. The Labute approximate surface area is 327 Å². The first kappa shape index (κ1) is 31.3. The van der Waals surface area contributed by atoms with Crippen molar-refractivity contribution in [3.63, 3.8) is 0 Å². The number of nitrogens with zero attached hydrogens (tertiary/aromatic N) is 2. The molecule has 8 aromatic rings. The van der Waals surface area contributed by atoms with Gasteiger partial charge in [0, 0.05) is 43.7 Å². The van der Waals surface area contributed by atoms with E-state index in [1.807, 2.05) is 0 Å². The molecule has 7 aromatic carbocycles. The van der Waals surface area contributed by atoms with Gasteiger partial charge in [0.1, 0.15) is 0 Å². The first-order chi connectivity index (χ1) is 27.0. The summed E-state index contributed by atoms with van der Waals surface area (Å²) in [5.41, 5.74) is 20.7. The molecular weight excluding hydrogens is 683 g/mol. The number of thiophene rings is 1. The van der Waals surface area contributed by atoms with Crippen molar-refractivity contribution in [2.75, 3.05) is 9.80 Å². The van der Waals surface area contributed by atoms with Crippen LogP contribution in [0.25, 0.3) is 22.3 Å². The van der Waals surface area contributed by atoms with Crippen LogP contribution in [0.2, 0.25) is 0 Å². The molecule has 260 valence electrons. The summed E-state index contributed by atoms with van der Waals surface area (Å²) in [6, 6.07) is 63.9. The third-order valence-corrected chi connectivity index (χ3v) is 14.0. The van der Waals surface area contributed by atoms with Crippen molar-refractivity contribution >= 4 is 67.9 Å². The van der Waals surface area contributed by atoms with E-state index < -0.39 is 5.41 Å². The third kappa shape index (κ3) is 3.95. The fraction of sp³-hybridized carbons (Fsp3) is 0.0980. The molecule has 55 heavy (non-hydrogen) atoms. The highest BCUT2D eigenvalue weighted by Crippen LogP contribution is 2.66. The number of benzene rings is 7. The lowest BCUT2D eigenvalue weighted by molar-refractivity contribution is 0.590. The maximum absolute atomic E-state index is 2.60. The van der Waals surface area contributed by atoms with E-state index in [9.17, 15) is 0 Å². The van der Waals surface area contributed by atoms with Crippen molar-refractivity contribution in [3.8, 4) is 22.3 Å². The SMILES string of the molecule is CC(C)(C)c1ccc2c(c1)N(c1ccccc1)c1cccc3c1B2c1sc2c(c1N3c1ccccc1)-c1ccccc1C21c2ccccc2-c2ccccc21. The average Bonchev–Trinajstić information content (AvgIpc) is 3.85. The molecule has 0 atom stereocenters. The van der Waals surface area contributed by atoms with E-state index in [0.717, 1.165) is 0 Å². The topological polar surface area (TPSA) is 6.48 Å². The smallest absolute Gasteiger partial charge is 0.264 e. The summed E-state index contributed by atoms with van der Waals surface area (Å²) < 4.78 is 1.42. The van der Waals surface area contributed by atoms with E-state index >= 15 is 0 Å². The van der Waals surface area contributed by atoms with Gasteiger partial charge in [-0.3, -0.25) is 0 Å². The van der Waals surface area contributed by atoms with E-state index in [1.165, 1.54) is 99.2 Å². The molecule has 4 aliphatic rings. The standard InChI is InChI=1S/C51H37BN2S/c1-50(2,3)32-29-30-41-44(31-32)53(33-17-6-4-7-18-33)42-27-16-28-43-46(42)52(41)49-47(54(43)34-19-8-5-9-20-34)45-37-23-12-15-26-40(37)51(48(45)55-49)38-24-13-10-21-35(38)36-22-11-14-25-39(36)51/h4-31H,1-3H3. The van der Waals surface area contributed by atoms with Gasteiger partial charge in [-0.1, -0.05) is 148 Å². The predicted molar refractivity (Wildman–Crippen MR) is 233 cm³/mol. The molecule has 4 heteroatoms. The Kier molecular flexibility index (Phi) is 6.25. The van der Waals surface area contributed by atoms with Crippen molar-refractivity contribution in [2.24, 2.45) is 0 Å². The lowest BCUT2D eigenvalue weighted by atomic mass is 9.36. The number of fused-ring (bicyclic) bond motifs is 15. The van der Waals surface area contributed by atoms with Crippen molar-refractivity contribution in [1.29, 1.82) is 0 Å². The second-order valence-corrected chi connectivity index (χ2v) is 17.5. The van der Waals surface area contributed by atoms with Crippen LogP contribution < -0.4 is 25.5 Å². The molecule has 0 N–H and O–H groups in total. The summed E-state index contributed by atoms with van der Waals surface area (Å²) in [5.74, 6) is 0. The normalized spacial score (nSPS) is 14.9. The predicted octanol–water partition coefficient (Wildman–Crippen LogP) is 11.5. The molecule has 0 bridgehead atoms. The molecule has 0 saturated heterocycles. The Morgan fingerprint density at radius 2 is 1.04 bits per heavy atom. The number of anilines is 6. The highest BCUT2D eigenvalue weighted by Gasteiger charge is 2.56. The van der Waals surface area contributed by atoms with Gasteiger partial charge in [-0.25, -0.2) is 0 Å². The van der Waals surface area contributed by atoms with Gasteiger partial charge >= 0.3 is 0 Å². The molecule has 0 radical (unpaired) electrons. The van der Waals surface area contributed by atoms with Crippen LogP contribution in [0.4, 0.5) is 34.1 Å². The Morgan fingerprint density at radius 1 is 0.509 bits per heavy atom. The van der Waals surface area contributed by atoms with E-state index in [1.54, 1.807) is 0 Å².